The first-order valence-electron chi connectivity index (χ1n) is 6.51. The lowest BCUT2D eigenvalue weighted by atomic mass is 9.61. The molecule has 1 aliphatic rings. The Bertz CT molecular complexity index is 467. The van der Waals surface area contributed by atoms with Gasteiger partial charge in [-0.3, -0.25) is 0 Å². The second kappa shape index (κ2) is 3.51. The van der Waals surface area contributed by atoms with Crippen molar-refractivity contribution in [2.75, 3.05) is 0 Å². The van der Waals surface area contributed by atoms with Crippen LogP contribution >= 0.6 is 0 Å². The second-order valence-electron chi connectivity index (χ2n) is 6.86. The molecule has 0 aliphatic heterocycles. The molecule has 0 spiro atoms. The largest absolute Gasteiger partial charge is 0.507 e. The van der Waals surface area contributed by atoms with Crippen molar-refractivity contribution in [1.29, 1.82) is 0 Å². The Labute approximate surface area is 105 Å². The molecule has 0 atom stereocenters. The van der Waals surface area contributed by atoms with Crippen molar-refractivity contribution >= 4 is 0 Å². The SMILES string of the molecule is Cc1cc2c(c(C)c1O)C(C)(C)CCC2(C)C. The number of aromatic hydroxyl groups is 1. The van der Waals surface area contributed by atoms with Gasteiger partial charge in [0.1, 0.15) is 5.75 Å². The maximum absolute atomic E-state index is 10.2. The summed E-state index contributed by atoms with van der Waals surface area (Å²) in [5.41, 5.74) is 5.30. The van der Waals surface area contributed by atoms with Crippen LogP contribution in [0.5, 0.6) is 5.75 Å². The van der Waals surface area contributed by atoms with E-state index in [0.717, 1.165) is 11.1 Å². The molecule has 2 rings (SSSR count). The quantitative estimate of drug-likeness (QED) is 0.704. The molecule has 1 aromatic rings. The molecule has 1 heteroatoms. The molecule has 1 aliphatic carbocycles. The van der Waals surface area contributed by atoms with E-state index >= 15 is 0 Å². The molecule has 1 aromatic carbocycles. The third-order valence-electron chi connectivity index (χ3n) is 4.51. The summed E-state index contributed by atoms with van der Waals surface area (Å²) < 4.78 is 0. The Hall–Kier alpha value is -0.980. The zero-order valence-electron chi connectivity index (χ0n) is 11.9. The molecule has 0 fully saturated rings. The number of benzene rings is 1. The molecule has 94 valence electrons. The van der Waals surface area contributed by atoms with Crippen LogP contribution < -0.4 is 0 Å². The fourth-order valence-corrected chi connectivity index (χ4v) is 3.26. The average molecular weight is 232 g/mol. The van der Waals surface area contributed by atoms with Crippen LogP contribution in [0.25, 0.3) is 0 Å². The van der Waals surface area contributed by atoms with Gasteiger partial charge in [0.05, 0.1) is 0 Å². The molecule has 0 saturated carbocycles. The predicted octanol–water partition coefficient (Wildman–Crippen LogP) is 4.36. The molecule has 0 radical (unpaired) electrons. The number of phenols is 1. The molecule has 17 heavy (non-hydrogen) atoms. The van der Waals surface area contributed by atoms with Gasteiger partial charge in [0.15, 0.2) is 0 Å². The van der Waals surface area contributed by atoms with E-state index in [-0.39, 0.29) is 10.8 Å². The van der Waals surface area contributed by atoms with E-state index in [1.807, 2.05) is 6.92 Å². The van der Waals surface area contributed by atoms with E-state index in [1.54, 1.807) is 0 Å². The number of aryl methyl sites for hydroxylation is 1. The van der Waals surface area contributed by atoms with Crippen LogP contribution in [-0.4, -0.2) is 5.11 Å². The van der Waals surface area contributed by atoms with Crippen molar-refractivity contribution in [3.05, 3.63) is 28.3 Å². The van der Waals surface area contributed by atoms with Crippen LogP contribution in [0, 0.1) is 13.8 Å². The number of hydrogen-bond donors (Lipinski definition) is 1. The molecule has 0 saturated heterocycles. The van der Waals surface area contributed by atoms with E-state index in [1.165, 1.54) is 24.0 Å². The molecule has 0 amide bonds. The highest BCUT2D eigenvalue weighted by Gasteiger charge is 2.38. The van der Waals surface area contributed by atoms with Gasteiger partial charge >= 0.3 is 0 Å². The van der Waals surface area contributed by atoms with Crippen LogP contribution in [0.15, 0.2) is 6.07 Å². The number of hydrogen-bond acceptors (Lipinski definition) is 1. The van der Waals surface area contributed by atoms with Crippen LogP contribution in [-0.2, 0) is 10.8 Å². The van der Waals surface area contributed by atoms with E-state index in [2.05, 4.69) is 40.7 Å². The van der Waals surface area contributed by atoms with E-state index in [4.69, 9.17) is 0 Å². The van der Waals surface area contributed by atoms with Gasteiger partial charge in [-0.2, -0.15) is 0 Å². The van der Waals surface area contributed by atoms with Gasteiger partial charge in [-0.25, -0.2) is 0 Å². The lowest BCUT2D eigenvalue weighted by molar-refractivity contribution is 0.327. The number of rotatable bonds is 0. The highest BCUT2D eigenvalue weighted by Crippen LogP contribution is 2.49. The zero-order chi connectivity index (χ0) is 13.0. The molecule has 0 bridgehead atoms. The van der Waals surface area contributed by atoms with Crippen LogP contribution in [0.1, 0.15) is 62.8 Å². The smallest absolute Gasteiger partial charge is 0.121 e. The summed E-state index contributed by atoms with van der Waals surface area (Å²) in [6, 6.07) is 2.19. The summed E-state index contributed by atoms with van der Waals surface area (Å²) in [4.78, 5) is 0. The minimum absolute atomic E-state index is 0.181. The first-order chi connectivity index (χ1) is 7.67. The van der Waals surface area contributed by atoms with Crippen molar-refractivity contribution in [2.45, 2.75) is 65.2 Å². The van der Waals surface area contributed by atoms with Crippen molar-refractivity contribution < 1.29 is 5.11 Å². The van der Waals surface area contributed by atoms with Crippen molar-refractivity contribution in [2.24, 2.45) is 0 Å². The Morgan fingerprint density at radius 3 is 2.12 bits per heavy atom. The zero-order valence-corrected chi connectivity index (χ0v) is 11.9. The van der Waals surface area contributed by atoms with Gasteiger partial charge in [-0.15, -0.1) is 0 Å². The Morgan fingerprint density at radius 1 is 1.00 bits per heavy atom. The molecule has 1 N–H and O–H groups in total. The maximum atomic E-state index is 10.2. The van der Waals surface area contributed by atoms with E-state index in [9.17, 15) is 5.11 Å². The Kier molecular flexibility index (Phi) is 2.57. The molecular weight excluding hydrogens is 208 g/mol. The first-order valence-corrected chi connectivity index (χ1v) is 6.51. The fraction of sp³-hybridized carbons (Fsp3) is 0.625. The molecular formula is C16H24O. The fourth-order valence-electron chi connectivity index (χ4n) is 3.26. The number of fused-ring (bicyclic) bond motifs is 1. The molecule has 0 aromatic heterocycles. The third kappa shape index (κ3) is 1.76. The summed E-state index contributed by atoms with van der Waals surface area (Å²) in [5.74, 6) is 0.481. The average Bonchev–Trinajstić information content (AvgIpc) is 2.21. The van der Waals surface area contributed by atoms with Gasteiger partial charge in [-0.05, 0) is 59.8 Å². The van der Waals surface area contributed by atoms with Crippen LogP contribution in [0.3, 0.4) is 0 Å². The predicted molar refractivity (Wildman–Crippen MR) is 72.9 cm³/mol. The topological polar surface area (TPSA) is 20.2 Å². The summed E-state index contributed by atoms with van der Waals surface area (Å²) in [5, 5.41) is 10.2. The Balaban J connectivity index is 2.81. The van der Waals surface area contributed by atoms with E-state index < -0.39 is 0 Å². The van der Waals surface area contributed by atoms with Crippen LogP contribution in [0.4, 0.5) is 0 Å². The lowest BCUT2D eigenvalue weighted by Crippen LogP contribution is -2.34. The number of phenolic OH excluding ortho intramolecular Hbond substituents is 1. The molecule has 0 unspecified atom stereocenters. The monoisotopic (exact) mass is 232 g/mol. The van der Waals surface area contributed by atoms with Gasteiger partial charge in [0.2, 0.25) is 0 Å². The normalized spacial score (nSPS) is 21.1. The lowest BCUT2D eigenvalue weighted by Gasteiger charge is -2.43. The van der Waals surface area contributed by atoms with E-state index in [0.29, 0.717) is 5.75 Å². The highest BCUT2D eigenvalue weighted by molar-refractivity contribution is 5.54. The summed E-state index contributed by atoms with van der Waals surface area (Å²) in [6.45, 7) is 13.3. The van der Waals surface area contributed by atoms with Crippen molar-refractivity contribution in [3.8, 4) is 5.75 Å². The summed E-state index contributed by atoms with van der Waals surface area (Å²) >= 11 is 0. The minimum Gasteiger partial charge on any atom is -0.507 e. The maximum Gasteiger partial charge on any atom is 0.121 e. The Morgan fingerprint density at radius 2 is 1.53 bits per heavy atom. The summed E-state index contributed by atoms with van der Waals surface area (Å²) in [6.07, 6.45) is 2.41. The minimum atomic E-state index is 0.181. The van der Waals surface area contributed by atoms with Gasteiger partial charge < -0.3 is 5.11 Å². The molecule has 1 nitrogen and oxygen atoms in total. The van der Waals surface area contributed by atoms with Crippen molar-refractivity contribution in [1.82, 2.24) is 0 Å². The standard InChI is InChI=1S/C16H24O/c1-10-9-12-13(11(2)14(10)17)16(5,6)8-7-15(12,3)4/h9,17H,7-8H2,1-6H3. The van der Waals surface area contributed by atoms with Gasteiger partial charge in [0, 0.05) is 0 Å². The second-order valence-corrected chi connectivity index (χ2v) is 6.86. The van der Waals surface area contributed by atoms with Gasteiger partial charge in [-0.1, -0.05) is 33.8 Å². The molecule has 0 heterocycles. The first kappa shape index (κ1) is 12.5. The third-order valence-corrected chi connectivity index (χ3v) is 4.51. The summed E-state index contributed by atoms with van der Waals surface area (Å²) in [7, 11) is 0. The van der Waals surface area contributed by atoms with Crippen molar-refractivity contribution in [3.63, 3.8) is 0 Å². The highest BCUT2D eigenvalue weighted by atomic mass is 16.3. The van der Waals surface area contributed by atoms with Gasteiger partial charge in [0.25, 0.3) is 0 Å². The van der Waals surface area contributed by atoms with Crippen LogP contribution in [0.2, 0.25) is 0 Å².